The molecule has 1 amide bonds. The first-order valence-electron chi connectivity index (χ1n) is 10.1. The SMILES string of the molecule is Cc1nnc2n1-c1ccccc1C(c1ccc(Cl)cc1)=NN2CC(=O)Nc1ccccc1. The summed E-state index contributed by atoms with van der Waals surface area (Å²) < 4.78 is 1.91. The number of anilines is 2. The van der Waals surface area contributed by atoms with Crippen LogP contribution < -0.4 is 10.3 Å². The molecule has 0 fully saturated rings. The summed E-state index contributed by atoms with van der Waals surface area (Å²) in [5, 5.41) is 18.6. The molecule has 5 rings (SSSR count). The smallest absolute Gasteiger partial charge is 0.252 e. The summed E-state index contributed by atoms with van der Waals surface area (Å²) in [4.78, 5) is 12.9. The van der Waals surface area contributed by atoms with E-state index in [1.54, 1.807) is 5.01 Å². The minimum atomic E-state index is -0.214. The molecule has 1 aliphatic rings. The van der Waals surface area contributed by atoms with Crippen molar-refractivity contribution in [3.63, 3.8) is 0 Å². The quantitative estimate of drug-likeness (QED) is 0.507. The van der Waals surface area contributed by atoms with E-state index in [1.807, 2.05) is 90.4 Å². The molecule has 8 heteroatoms. The molecule has 0 radical (unpaired) electrons. The van der Waals surface area contributed by atoms with Gasteiger partial charge in [0, 0.05) is 21.8 Å². The van der Waals surface area contributed by atoms with Gasteiger partial charge in [-0.3, -0.25) is 9.36 Å². The van der Waals surface area contributed by atoms with Gasteiger partial charge in [-0.15, -0.1) is 10.2 Å². The van der Waals surface area contributed by atoms with Crippen molar-refractivity contribution in [1.29, 1.82) is 0 Å². The first-order valence-corrected chi connectivity index (χ1v) is 10.5. The zero-order valence-electron chi connectivity index (χ0n) is 17.2. The highest BCUT2D eigenvalue weighted by molar-refractivity contribution is 6.30. The lowest BCUT2D eigenvalue weighted by Gasteiger charge is -2.17. The van der Waals surface area contributed by atoms with Crippen LogP contribution in [0.5, 0.6) is 0 Å². The average Bonchev–Trinajstić information content (AvgIpc) is 3.13. The highest BCUT2D eigenvalue weighted by atomic mass is 35.5. The number of rotatable bonds is 4. The number of fused-ring (bicyclic) bond motifs is 3. The maximum atomic E-state index is 12.9. The number of amides is 1. The molecule has 0 spiro atoms. The molecule has 158 valence electrons. The van der Waals surface area contributed by atoms with Crippen molar-refractivity contribution in [2.45, 2.75) is 6.92 Å². The summed E-state index contributed by atoms with van der Waals surface area (Å²) >= 11 is 6.11. The van der Waals surface area contributed by atoms with E-state index in [0.717, 1.165) is 28.2 Å². The number of para-hydroxylation sites is 2. The van der Waals surface area contributed by atoms with Gasteiger partial charge in [-0.2, -0.15) is 5.10 Å². The molecule has 2 heterocycles. The number of benzene rings is 3. The molecule has 32 heavy (non-hydrogen) atoms. The number of hydrazone groups is 1. The van der Waals surface area contributed by atoms with Crippen LogP contribution in [0.3, 0.4) is 0 Å². The van der Waals surface area contributed by atoms with Gasteiger partial charge in [0.25, 0.3) is 5.95 Å². The third-order valence-corrected chi connectivity index (χ3v) is 5.38. The minimum Gasteiger partial charge on any atom is -0.324 e. The van der Waals surface area contributed by atoms with Crippen LogP contribution >= 0.6 is 11.6 Å². The Kier molecular flexibility index (Phi) is 5.17. The minimum absolute atomic E-state index is 0.0297. The summed E-state index contributed by atoms with van der Waals surface area (Å²) in [6, 6.07) is 24.7. The summed E-state index contributed by atoms with van der Waals surface area (Å²) in [5.41, 5.74) is 4.12. The molecule has 0 bridgehead atoms. The van der Waals surface area contributed by atoms with Crippen LogP contribution in [-0.4, -0.2) is 32.9 Å². The first-order chi connectivity index (χ1) is 15.6. The Hall–Kier alpha value is -3.97. The number of hydrogen-bond donors (Lipinski definition) is 1. The average molecular weight is 443 g/mol. The number of aromatic nitrogens is 3. The second-order valence-corrected chi connectivity index (χ2v) is 7.76. The highest BCUT2D eigenvalue weighted by Crippen LogP contribution is 2.29. The normalized spacial score (nSPS) is 12.4. The molecular formula is C24H19ClN6O. The van der Waals surface area contributed by atoms with Gasteiger partial charge in [-0.25, -0.2) is 5.01 Å². The van der Waals surface area contributed by atoms with Crippen molar-refractivity contribution in [2.24, 2.45) is 5.10 Å². The van der Waals surface area contributed by atoms with E-state index in [4.69, 9.17) is 16.7 Å². The predicted octanol–water partition coefficient (Wildman–Crippen LogP) is 4.44. The molecule has 7 nitrogen and oxygen atoms in total. The van der Waals surface area contributed by atoms with Gasteiger partial charge < -0.3 is 5.32 Å². The van der Waals surface area contributed by atoms with Gasteiger partial charge >= 0.3 is 0 Å². The molecule has 1 aliphatic heterocycles. The fraction of sp³-hybridized carbons (Fsp3) is 0.0833. The number of hydrogen-bond acceptors (Lipinski definition) is 5. The summed E-state index contributed by atoms with van der Waals surface area (Å²) in [5.74, 6) is 0.962. The van der Waals surface area contributed by atoms with E-state index >= 15 is 0 Å². The number of nitrogens with zero attached hydrogens (tertiary/aromatic N) is 5. The number of carbonyl (C=O) groups excluding carboxylic acids is 1. The van der Waals surface area contributed by atoms with Crippen LogP contribution in [0.25, 0.3) is 5.69 Å². The Morgan fingerprint density at radius 2 is 1.66 bits per heavy atom. The van der Waals surface area contributed by atoms with Gasteiger partial charge in [-0.05, 0) is 37.3 Å². The van der Waals surface area contributed by atoms with Crippen LogP contribution in [-0.2, 0) is 4.79 Å². The molecule has 1 aromatic heterocycles. The van der Waals surface area contributed by atoms with E-state index in [1.165, 1.54) is 0 Å². The summed E-state index contributed by atoms with van der Waals surface area (Å²) in [6.45, 7) is 1.85. The van der Waals surface area contributed by atoms with Crippen molar-refractivity contribution >= 4 is 34.9 Å². The van der Waals surface area contributed by atoms with Crippen LogP contribution in [0.15, 0.2) is 84.0 Å². The van der Waals surface area contributed by atoms with E-state index < -0.39 is 0 Å². The maximum absolute atomic E-state index is 12.9. The number of halogens is 1. The fourth-order valence-electron chi connectivity index (χ4n) is 3.67. The maximum Gasteiger partial charge on any atom is 0.252 e. The van der Waals surface area contributed by atoms with Gasteiger partial charge in [-0.1, -0.05) is 60.1 Å². The van der Waals surface area contributed by atoms with Crippen molar-refractivity contribution in [1.82, 2.24) is 14.8 Å². The van der Waals surface area contributed by atoms with Crippen molar-refractivity contribution in [3.8, 4) is 5.69 Å². The van der Waals surface area contributed by atoms with Crippen LogP contribution in [0.2, 0.25) is 5.02 Å². The van der Waals surface area contributed by atoms with Gasteiger partial charge in [0.05, 0.1) is 5.69 Å². The summed E-state index contributed by atoms with van der Waals surface area (Å²) in [6.07, 6.45) is 0. The van der Waals surface area contributed by atoms with Crippen LogP contribution in [0.1, 0.15) is 17.0 Å². The van der Waals surface area contributed by atoms with Gasteiger partial charge in [0.2, 0.25) is 5.91 Å². The first kappa shape index (κ1) is 20.0. The van der Waals surface area contributed by atoms with E-state index in [0.29, 0.717) is 16.8 Å². The molecular weight excluding hydrogens is 424 g/mol. The Morgan fingerprint density at radius 3 is 2.44 bits per heavy atom. The molecule has 0 unspecified atom stereocenters. The topological polar surface area (TPSA) is 75.4 Å². The predicted molar refractivity (Wildman–Crippen MR) is 126 cm³/mol. The van der Waals surface area contributed by atoms with Crippen molar-refractivity contribution < 1.29 is 4.79 Å². The number of nitrogens with one attached hydrogen (secondary N) is 1. The third kappa shape index (κ3) is 3.74. The standard InChI is InChI=1S/C24H19ClN6O/c1-16-27-28-24-30(15-22(32)26-19-7-3-2-4-8-19)29-23(17-11-13-18(25)14-12-17)20-9-5-6-10-21(20)31(16)24/h2-14H,15H2,1H3,(H,26,32). The lowest BCUT2D eigenvalue weighted by atomic mass is 10.0. The Balaban J connectivity index is 1.61. The van der Waals surface area contributed by atoms with E-state index in [2.05, 4.69) is 15.5 Å². The Morgan fingerprint density at radius 1 is 0.938 bits per heavy atom. The van der Waals surface area contributed by atoms with Gasteiger partial charge in [0.15, 0.2) is 0 Å². The van der Waals surface area contributed by atoms with Crippen molar-refractivity contribution in [2.75, 3.05) is 16.9 Å². The zero-order chi connectivity index (χ0) is 22.1. The number of aryl methyl sites for hydroxylation is 1. The highest BCUT2D eigenvalue weighted by Gasteiger charge is 2.27. The lowest BCUT2D eigenvalue weighted by Crippen LogP contribution is -2.31. The molecule has 0 atom stereocenters. The van der Waals surface area contributed by atoms with Crippen LogP contribution in [0, 0.1) is 6.92 Å². The monoisotopic (exact) mass is 442 g/mol. The molecule has 0 aliphatic carbocycles. The van der Waals surface area contributed by atoms with Crippen molar-refractivity contribution in [3.05, 3.63) is 101 Å². The zero-order valence-corrected chi connectivity index (χ0v) is 18.0. The third-order valence-electron chi connectivity index (χ3n) is 5.13. The second kappa shape index (κ2) is 8.28. The lowest BCUT2D eigenvalue weighted by molar-refractivity contribution is -0.115. The molecule has 0 saturated carbocycles. The summed E-state index contributed by atoms with van der Waals surface area (Å²) in [7, 11) is 0. The fourth-order valence-corrected chi connectivity index (χ4v) is 3.80. The van der Waals surface area contributed by atoms with E-state index in [9.17, 15) is 4.79 Å². The Labute approximate surface area is 190 Å². The molecule has 0 saturated heterocycles. The molecule has 3 aromatic carbocycles. The molecule has 4 aromatic rings. The Bertz CT molecular complexity index is 1310. The second-order valence-electron chi connectivity index (χ2n) is 7.33. The molecule has 1 N–H and O–H groups in total. The largest absolute Gasteiger partial charge is 0.324 e. The van der Waals surface area contributed by atoms with Crippen LogP contribution in [0.4, 0.5) is 11.6 Å². The van der Waals surface area contributed by atoms with Gasteiger partial charge in [0.1, 0.15) is 18.1 Å². The number of carbonyl (C=O) groups is 1. The van der Waals surface area contributed by atoms with E-state index in [-0.39, 0.29) is 12.5 Å².